The number of aliphatic hydroxyl groups is 1. The molecule has 0 aliphatic heterocycles. The summed E-state index contributed by atoms with van der Waals surface area (Å²) in [6.07, 6.45) is 74.3. The lowest BCUT2D eigenvalue weighted by Crippen LogP contribution is -2.45. The fourth-order valence-corrected chi connectivity index (χ4v) is 10.5. The molecule has 0 saturated carbocycles. The predicted molar refractivity (Wildman–Crippen MR) is 323 cm³/mol. The molecule has 0 aromatic carbocycles. The molecular weight excluding hydrogens is 936 g/mol. The topological polar surface area (TPSA) is 105 Å². The Labute approximate surface area is 461 Å². The van der Waals surface area contributed by atoms with Crippen molar-refractivity contribution in [3.8, 4) is 0 Å². The van der Waals surface area contributed by atoms with Crippen LogP contribution in [0.3, 0.4) is 0 Å². The maximum Gasteiger partial charge on any atom is 0.472 e. The molecule has 8 nitrogen and oxygen atoms in total. The molecule has 74 heavy (non-hydrogen) atoms. The lowest BCUT2D eigenvalue weighted by atomic mass is 10.0. The zero-order chi connectivity index (χ0) is 54.2. The molecule has 438 valence electrons. The van der Waals surface area contributed by atoms with Crippen LogP contribution in [0.5, 0.6) is 0 Å². The van der Waals surface area contributed by atoms with Gasteiger partial charge in [-0.3, -0.25) is 13.8 Å². The Morgan fingerprint density at radius 3 is 1.08 bits per heavy atom. The van der Waals surface area contributed by atoms with Gasteiger partial charge in [0.1, 0.15) is 13.2 Å². The summed E-state index contributed by atoms with van der Waals surface area (Å²) in [5, 5.41) is 13.9. The van der Waals surface area contributed by atoms with Crippen LogP contribution in [0.4, 0.5) is 0 Å². The van der Waals surface area contributed by atoms with E-state index in [9.17, 15) is 19.4 Å². The van der Waals surface area contributed by atoms with Crippen LogP contribution >= 0.6 is 7.82 Å². The highest BCUT2D eigenvalue weighted by molar-refractivity contribution is 7.47. The van der Waals surface area contributed by atoms with Crippen molar-refractivity contribution in [2.24, 2.45) is 0 Å². The average Bonchev–Trinajstić information content (AvgIpc) is 3.36. The molecule has 0 bridgehead atoms. The molecule has 3 unspecified atom stereocenters. The molecular formula is C65H128N2O6P+. The van der Waals surface area contributed by atoms with Crippen molar-refractivity contribution in [2.45, 2.75) is 334 Å². The Bertz CT molecular complexity index is 1300. The first-order valence-electron chi connectivity index (χ1n) is 32.4. The number of amides is 1. The summed E-state index contributed by atoms with van der Waals surface area (Å²) in [4.78, 5) is 23.4. The van der Waals surface area contributed by atoms with Gasteiger partial charge < -0.3 is 19.8 Å². The van der Waals surface area contributed by atoms with E-state index in [0.717, 1.165) is 44.9 Å². The minimum absolute atomic E-state index is 0.0553. The van der Waals surface area contributed by atoms with Crippen LogP contribution in [-0.2, 0) is 18.4 Å². The summed E-state index contributed by atoms with van der Waals surface area (Å²) in [5.74, 6) is -0.184. The molecule has 0 spiro atoms. The number of aliphatic hydroxyl groups excluding tert-OH is 1. The van der Waals surface area contributed by atoms with Gasteiger partial charge in [0.2, 0.25) is 5.91 Å². The highest BCUT2D eigenvalue weighted by atomic mass is 31.2. The second kappa shape index (κ2) is 56.4. The Balaban J connectivity index is 4.12. The van der Waals surface area contributed by atoms with Crippen LogP contribution < -0.4 is 5.32 Å². The number of quaternary nitrogens is 1. The zero-order valence-corrected chi connectivity index (χ0v) is 51.0. The number of nitrogens with one attached hydrogen (secondary N) is 1. The Hall–Kier alpha value is -1.28. The highest BCUT2D eigenvalue weighted by Gasteiger charge is 2.27. The van der Waals surface area contributed by atoms with Crippen molar-refractivity contribution in [3.05, 3.63) is 36.5 Å². The van der Waals surface area contributed by atoms with E-state index in [2.05, 4.69) is 43.5 Å². The van der Waals surface area contributed by atoms with E-state index in [1.165, 1.54) is 257 Å². The molecule has 0 fully saturated rings. The SMILES string of the molecule is CCCCCCCCCCCCCC/C=C/CC/C=C/CC/C=C/C(O)C(COP(=O)(O)OCC[N+](C)(C)C)NC(=O)CCCCCCCCCCCCCCCCCCCCCCCCCCCCCCCC. The van der Waals surface area contributed by atoms with Gasteiger partial charge in [0.05, 0.1) is 39.9 Å². The summed E-state index contributed by atoms with van der Waals surface area (Å²) in [6.45, 7) is 4.84. The molecule has 3 atom stereocenters. The maximum atomic E-state index is 13.0. The molecule has 0 aliphatic rings. The number of unbranched alkanes of at least 4 members (excludes halogenated alkanes) is 43. The van der Waals surface area contributed by atoms with Crippen molar-refractivity contribution < 1.29 is 32.9 Å². The van der Waals surface area contributed by atoms with E-state index >= 15 is 0 Å². The Kier molecular flexibility index (Phi) is 55.5. The molecule has 0 rings (SSSR count). The number of nitrogens with zero attached hydrogens (tertiary/aromatic N) is 1. The second-order valence-electron chi connectivity index (χ2n) is 23.5. The molecule has 0 aromatic heterocycles. The van der Waals surface area contributed by atoms with Crippen molar-refractivity contribution in [1.29, 1.82) is 0 Å². The van der Waals surface area contributed by atoms with E-state index in [4.69, 9.17) is 9.05 Å². The van der Waals surface area contributed by atoms with E-state index in [-0.39, 0.29) is 19.1 Å². The quantitative estimate of drug-likeness (QED) is 0.0243. The molecule has 1 amide bonds. The van der Waals surface area contributed by atoms with Crippen LogP contribution in [-0.4, -0.2) is 73.4 Å². The van der Waals surface area contributed by atoms with Gasteiger partial charge in [-0.25, -0.2) is 4.57 Å². The smallest absolute Gasteiger partial charge is 0.387 e. The number of allylic oxidation sites excluding steroid dienone is 5. The first-order chi connectivity index (χ1) is 36.0. The van der Waals surface area contributed by atoms with Gasteiger partial charge in [0.25, 0.3) is 0 Å². The third kappa shape index (κ3) is 58.4. The summed E-state index contributed by atoms with van der Waals surface area (Å²) in [6, 6.07) is -0.869. The summed E-state index contributed by atoms with van der Waals surface area (Å²) in [7, 11) is 1.56. The van der Waals surface area contributed by atoms with Crippen LogP contribution in [0.15, 0.2) is 36.5 Å². The first-order valence-corrected chi connectivity index (χ1v) is 33.9. The van der Waals surface area contributed by atoms with E-state index in [1.807, 2.05) is 27.2 Å². The number of hydrogen-bond acceptors (Lipinski definition) is 5. The first kappa shape index (κ1) is 72.7. The maximum absolute atomic E-state index is 13.0. The molecule has 0 radical (unpaired) electrons. The highest BCUT2D eigenvalue weighted by Crippen LogP contribution is 2.43. The number of phosphoric acid groups is 1. The zero-order valence-electron chi connectivity index (χ0n) is 50.1. The number of phosphoric ester groups is 1. The summed E-state index contributed by atoms with van der Waals surface area (Å²) in [5.41, 5.74) is 0. The fourth-order valence-electron chi connectivity index (χ4n) is 9.78. The number of hydrogen-bond donors (Lipinski definition) is 3. The Morgan fingerprint density at radius 1 is 0.446 bits per heavy atom. The summed E-state index contributed by atoms with van der Waals surface area (Å²) < 4.78 is 23.7. The van der Waals surface area contributed by atoms with E-state index < -0.39 is 20.0 Å². The van der Waals surface area contributed by atoms with Gasteiger partial charge in [-0.2, -0.15) is 0 Å². The molecule has 3 N–H and O–H groups in total. The monoisotopic (exact) mass is 1060 g/mol. The predicted octanol–water partition coefficient (Wildman–Crippen LogP) is 20.1. The van der Waals surface area contributed by atoms with E-state index in [0.29, 0.717) is 17.4 Å². The molecule has 0 saturated heterocycles. The number of carbonyl (C=O) groups is 1. The molecule has 0 aliphatic carbocycles. The normalized spacial score (nSPS) is 14.0. The van der Waals surface area contributed by atoms with Crippen LogP contribution in [0.2, 0.25) is 0 Å². The fraction of sp³-hybridized carbons (Fsp3) is 0.892. The lowest BCUT2D eigenvalue weighted by molar-refractivity contribution is -0.870. The van der Waals surface area contributed by atoms with Gasteiger partial charge >= 0.3 is 7.82 Å². The molecule has 9 heteroatoms. The second-order valence-corrected chi connectivity index (χ2v) is 24.9. The minimum Gasteiger partial charge on any atom is -0.387 e. The number of carbonyl (C=O) groups excluding carboxylic acids is 1. The third-order valence-electron chi connectivity index (χ3n) is 14.8. The van der Waals surface area contributed by atoms with Crippen LogP contribution in [0, 0.1) is 0 Å². The lowest BCUT2D eigenvalue weighted by Gasteiger charge is -2.25. The van der Waals surface area contributed by atoms with Crippen molar-refractivity contribution >= 4 is 13.7 Å². The van der Waals surface area contributed by atoms with E-state index in [1.54, 1.807) is 6.08 Å². The van der Waals surface area contributed by atoms with Crippen molar-refractivity contribution in [1.82, 2.24) is 5.32 Å². The van der Waals surface area contributed by atoms with Gasteiger partial charge in [-0.15, -0.1) is 0 Å². The average molecular weight is 1060 g/mol. The number of likely N-dealkylation sites (N-methyl/N-ethyl adjacent to an activating group) is 1. The van der Waals surface area contributed by atoms with Crippen molar-refractivity contribution in [3.63, 3.8) is 0 Å². The minimum atomic E-state index is -4.36. The molecule has 0 aromatic rings. The van der Waals surface area contributed by atoms with Gasteiger partial charge in [-0.05, 0) is 44.9 Å². The van der Waals surface area contributed by atoms with Gasteiger partial charge in [0.15, 0.2) is 0 Å². The standard InChI is InChI=1S/C65H127N2O6P/c1-6-8-10-12-14-16-18-20-22-24-26-28-30-31-32-33-34-35-36-37-39-41-43-45-47-49-51-53-55-57-59-65(69)66-63(62-73-74(70,71)72-61-60-67(3,4)5)64(68)58-56-54-52-50-48-46-44-42-40-38-29-27-25-23-21-19-17-15-13-11-9-7-2/h40,42,48,50,56,58,63-64,68H,6-39,41,43-47,49,51-55,57,59-62H2,1-5H3,(H-,66,69,70,71)/p+1/b42-40+,50-48+,58-56+. The van der Waals surface area contributed by atoms with Crippen LogP contribution in [0.1, 0.15) is 322 Å². The summed E-state index contributed by atoms with van der Waals surface area (Å²) >= 11 is 0. The third-order valence-corrected chi connectivity index (χ3v) is 15.8. The molecule has 0 heterocycles. The van der Waals surface area contributed by atoms with Crippen molar-refractivity contribution in [2.75, 3.05) is 40.9 Å². The number of rotatable bonds is 60. The van der Waals surface area contributed by atoms with Crippen LogP contribution in [0.25, 0.3) is 0 Å². The Morgan fingerprint density at radius 2 is 0.743 bits per heavy atom. The van der Waals surface area contributed by atoms with Gasteiger partial charge in [0, 0.05) is 6.42 Å². The van der Waals surface area contributed by atoms with Gasteiger partial charge in [-0.1, -0.05) is 307 Å². The largest absolute Gasteiger partial charge is 0.472 e.